The molecule has 1 aliphatic carbocycles. The molecule has 0 bridgehead atoms. The molecule has 4 heteroatoms. The van der Waals surface area contributed by atoms with Gasteiger partial charge in [0.05, 0.1) is 18.5 Å². The largest absolute Gasteiger partial charge is 0.496 e. The monoisotopic (exact) mass is 330 g/mol. The summed E-state index contributed by atoms with van der Waals surface area (Å²) in [6, 6.07) is 13.8. The van der Waals surface area contributed by atoms with Crippen molar-refractivity contribution in [1.82, 2.24) is 9.97 Å². The van der Waals surface area contributed by atoms with Crippen LogP contribution in [0.3, 0.4) is 0 Å². The van der Waals surface area contributed by atoms with Crippen LogP contribution in [0.1, 0.15) is 28.9 Å². The Morgan fingerprint density at radius 3 is 2.68 bits per heavy atom. The summed E-state index contributed by atoms with van der Waals surface area (Å²) in [6.45, 7) is 0. The van der Waals surface area contributed by atoms with E-state index >= 15 is 0 Å². The molecule has 2 aromatic heterocycles. The van der Waals surface area contributed by atoms with Crippen LogP contribution in [-0.2, 0) is 6.42 Å². The third-order valence-electron chi connectivity index (χ3n) is 4.56. The lowest BCUT2D eigenvalue weighted by Crippen LogP contribution is -2.12. The van der Waals surface area contributed by atoms with Gasteiger partial charge in [-0.2, -0.15) is 0 Å². The van der Waals surface area contributed by atoms with Gasteiger partial charge in [-0.05, 0) is 43.2 Å². The van der Waals surface area contributed by atoms with Crippen molar-refractivity contribution in [3.05, 3.63) is 66.1 Å². The number of Topliss-reactive ketones (excluding diaryl/α,β-unsaturated/α-hetero) is 1. The second-order valence-corrected chi connectivity index (χ2v) is 6.12. The first-order chi connectivity index (χ1) is 12.3. The SMILES string of the molecule is COc1cc(-c2ccc3c(n2)CCCC3=O)ccc1-c1cccnc1. The molecule has 0 fully saturated rings. The second-order valence-electron chi connectivity index (χ2n) is 6.12. The Morgan fingerprint density at radius 1 is 1.00 bits per heavy atom. The van der Waals surface area contributed by atoms with Crippen LogP contribution in [0.5, 0.6) is 5.75 Å². The Morgan fingerprint density at radius 2 is 1.88 bits per heavy atom. The lowest BCUT2D eigenvalue weighted by atomic mass is 9.94. The van der Waals surface area contributed by atoms with Crippen molar-refractivity contribution >= 4 is 5.78 Å². The van der Waals surface area contributed by atoms with E-state index in [9.17, 15) is 4.79 Å². The summed E-state index contributed by atoms with van der Waals surface area (Å²) in [5.74, 6) is 0.978. The first-order valence-electron chi connectivity index (χ1n) is 8.38. The normalized spacial score (nSPS) is 13.4. The van der Waals surface area contributed by atoms with E-state index in [2.05, 4.69) is 4.98 Å². The van der Waals surface area contributed by atoms with Crippen LogP contribution in [0.2, 0.25) is 0 Å². The standard InChI is InChI=1S/C21H18N2O2/c1-25-21-12-14(7-8-16(21)15-4-3-11-22-13-15)18-10-9-17-19(23-18)5-2-6-20(17)24/h3-4,7-13H,2,5-6H2,1H3. The summed E-state index contributed by atoms with van der Waals surface area (Å²) < 4.78 is 5.58. The summed E-state index contributed by atoms with van der Waals surface area (Å²) >= 11 is 0. The molecule has 3 aromatic rings. The number of nitrogens with zero attached hydrogens (tertiary/aromatic N) is 2. The van der Waals surface area contributed by atoms with Crippen molar-refractivity contribution in [2.75, 3.05) is 7.11 Å². The summed E-state index contributed by atoms with van der Waals surface area (Å²) in [7, 11) is 1.66. The highest BCUT2D eigenvalue weighted by molar-refractivity contribution is 5.98. The molecular formula is C21H18N2O2. The number of carbonyl (C=O) groups is 1. The molecule has 0 saturated carbocycles. The van der Waals surface area contributed by atoms with Gasteiger partial charge in [0.1, 0.15) is 5.75 Å². The molecule has 0 spiro atoms. The van der Waals surface area contributed by atoms with Gasteiger partial charge in [-0.15, -0.1) is 0 Å². The van der Waals surface area contributed by atoms with Crippen LogP contribution in [0, 0.1) is 0 Å². The van der Waals surface area contributed by atoms with Crippen molar-refractivity contribution in [3.8, 4) is 28.1 Å². The number of hydrogen-bond donors (Lipinski definition) is 0. The maximum Gasteiger partial charge on any atom is 0.164 e. The van der Waals surface area contributed by atoms with Crippen LogP contribution in [0.4, 0.5) is 0 Å². The lowest BCUT2D eigenvalue weighted by Gasteiger charge is -2.15. The average Bonchev–Trinajstić information content (AvgIpc) is 2.68. The topological polar surface area (TPSA) is 52.1 Å². The molecule has 4 nitrogen and oxygen atoms in total. The quantitative estimate of drug-likeness (QED) is 0.717. The molecule has 0 amide bonds. The minimum Gasteiger partial charge on any atom is -0.496 e. The highest BCUT2D eigenvalue weighted by atomic mass is 16.5. The van der Waals surface area contributed by atoms with Gasteiger partial charge >= 0.3 is 0 Å². The van der Waals surface area contributed by atoms with Gasteiger partial charge in [-0.1, -0.05) is 12.1 Å². The zero-order valence-corrected chi connectivity index (χ0v) is 14.0. The molecule has 1 aliphatic rings. The van der Waals surface area contributed by atoms with E-state index in [1.165, 1.54) is 0 Å². The third kappa shape index (κ3) is 2.91. The number of benzene rings is 1. The summed E-state index contributed by atoms with van der Waals surface area (Å²) in [5, 5.41) is 0. The van der Waals surface area contributed by atoms with Gasteiger partial charge < -0.3 is 4.74 Å². The molecule has 1 aromatic carbocycles. The molecular weight excluding hydrogens is 312 g/mol. The smallest absolute Gasteiger partial charge is 0.164 e. The van der Waals surface area contributed by atoms with Gasteiger partial charge in [0.2, 0.25) is 0 Å². The van der Waals surface area contributed by atoms with Gasteiger partial charge in [-0.25, -0.2) is 0 Å². The van der Waals surface area contributed by atoms with Crippen LogP contribution < -0.4 is 4.74 Å². The molecule has 0 N–H and O–H groups in total. The number of hydrogen-bond acceptors (Lipinski definition) is 4. The number of rotatable bonds is 3. The van der Waals surface area contributed by atoms with Gasteiger partial charge in [0.15, 0.2) is 5.78 Å². The molecule has 0 radical (unpaired) electrons. The Labute approximate surface area is 146 Å². The van der Waals surface area contributed by atoms with Crippen LogP contribution in [0.25, 0.3) is 22.4 Å². The Hall–Kier alpha value is -3.01. The van der Waals surface area contributed by atoms with Gasteiger partial charge in [0, 0.05) is 41.1 Å². The molecule has 0 aliphatic heterocycles. The fraction of sp³-hybridized carbons (Fsp3) is 0.190. The van der Waals surface area contributed by atoms with Gasteiger partial charge in [-0.3, -0.25) is 14.8 Å². The molecule has 0 atom stereocenters. The van der Waals surface area contributed by atoms with Crippen LogP contribution in [-0.4, -0.2) is 22.9 Å². The number of ketones is 1. The molecule has 4 rings (SSSR count). The Balaban J connectivity index is 1.76. The fourth-order valence-corrected chi connectivity index (χ4v) is 3.27. The highest BCUT2D eigenvalue weighted by Gasteiger charge is 2.19. The third-order valence-corrected chi connectivity index (χ3v) is 4.56. The van der Waals surface area contributed by atoms with E-state index in [4.69, 9.17) is 9.72 Å². The first-order valence-corrected chi connectivity index (χ1v) is 8.38. The Kier molecular flexibility index (Phi) is 4.02. The van der Waals surface area contributed by atoms with E-state index in [0.29, 0.717) is 6.42 Å². The van der Waals surface area contributed by atoms with Crippen molar-refractivity contribution in [2.24, 2.45) is 0 Å². The van der Waals surface area contributed by atoms with Crippen LogP contribution in [0.15, 0.2) is 54.9 Å². The number of aromatic nitrogens is 2. The zero-order chi connectivity index (χ0) is 17.2. The molecule has 0 unspecified atom stereocenters. The molecule has 25 heavy (non-hydrogen) atoms. The average molecular weight is 330 g/mol. The van der Waals surface area contributed by atoms with Gasteiger partial charge in [0.25, 0.3) is 0 Å². The fourth-order valence-electron chi connectivity index (χ4n) is 3.27. The summed E-state index contributed by atoms with van der Waals surface area (Å²) in [6.07, 6.45) is 5.94. The maximum absolute atomic E-state index is 12.0. The zero-order valence-electron chi connectivity index (χ0n) is 14.0. The Bertz CT molecular complexity index is 936. The predicted molar refractivity (Wildman–Crippen MR) is 96.7 cm³/mol. The lowest BCUT2D eigenvalue weighted by molar-refractivity contribution is 0.0971. The number of methoxy groups -OCH3 is 1. The van der Waals surface area contributed by atoms with E-state index in [0.717, 1.165) is 52.2 Å². The maximum atomic E-state index is 12.0. The van der Waals surface area contributed by atoms with Crippen molar-refractivity contribution in [1.29, 1.82) is 0 Å². The number of ether oxygens (including phenoxy) is 1. The number of pyridine rings is 2. The van der Waals surface area contributed by atoms with Crippen molar-refractivity contribution in [2.45, 2.75) is 19.3 Å². The number of carbonyl (C=O) groups excluding carboxylic acids is 1. The minimum atomic E-state index is 0.199. The van der Waals surface area contributed by atoms with E-state index < -0.39 is 0 Å². The van der Waals surface area contributed by atoms with Crippen molar-refractivity contribution < 1.29 is 9.53 Å². The summed E-state index contributed by atoms with van der Waals surface area (Å²) in [4.78, 5) is 20.9. The minimum absolute atomic E-state index is 0.199. The number of aryl methyl sites for hydroxylation is 1. The molecule has 124 valence electrons. The molecule has 2 heterocycles. The first kappa shape index (κ1) is 15.5. The predicted octanol–water partition coefficient (Wildman–Crippen LogP) is 4.34. The van der Waals surface area contributed by atoms with E-state index in [1.54, 1.807) is 13.3 Å². The highest BCUT2D eigenvalue weighted by Crippen LogP contribution is 2.34. The summed E-state index contributed by atoms with van der Waals surface area (Å²) in [5.41, 5.74) is 5.52. The van der Waals surface area contributed by atoms with Crippen LogP contribution >= 0.6 is 0 Å². The second kappa shape index (κ2) is 6.48. The number of fused-ring (bicyclic) bond motifs is 1. The molecule has 0 saturated heterocycles. The van der Waals surface area contributed by atoms with E-state index in [-0.39, 0.29) is 5.78 Å². The van der Waals surface area contributed by atoms with E-state index in [1.807, 2.05) is 48.7 Å². The van der Waals surface area contributed by atoms with Crippen molar-refractivity contribution in [3.63, 3.8) is 0 Å².